The van der Waals surface area contributed by atoms with Crippen LogP contribution in [0.5, 0.6) is 0 Å². The molecular formula is C18H20S3Si2. The van der Waals surface area contributed by atoms with Gasteiger partial charge >= 0.3 is 0 Å². The minimum atomic E-state index is -1.31. The van der Waals surface area contributed by atoms with E-state index >= 15 is 0 Å². The van der Waals surface area contributed by atoms with Crippen molar-refractivity contribution in [3.05, 3.63) is 21.9 Å². The average molecular weight is 389 g/mol. The molecule has 0 nitrogen and oxygen atoms in total. The van der Waals surface area contributed by atoms with Gasteiger partial charge in [-0.25, -0.2) is 0 Å². The lowest BCUT2D eigenvalue weighted by atomic mass is 10.4. The van der Waals surface area contributed by atoms with Gasteiger partial charge in [-0.2, -0.15) is 0 Å². The summed E-state index contributed by atoms with van der Waals surface area (Å²) in [5.74, 6) is 6.79. The molecule has 118 valence electrons. The summed E-state index contributed by atoms with van der Waals surface area (Å²) >= 11 is 5.56. The van der Waals surface area contributed by atoms with Crippen LogP contribution in [0.25, 0.3) is 18.8 Å². The topological polar surface area (TPSA) is 0 Å². The normalized spacial score (nSPS) is 12.1. The van der Waals surface area contributed by atoms with Gasteiger partial charge < -0.3 is 0 Å². The van der Waals surface area contributed by atoms with E-state index in [0.29, 0.717) is 0 Å². The number of rotatable bonds is 0. The van der Waals surface area contributed by atoms with Gasteiger partial charge in [0.05, 0.1) is 19.2 Å². The Balaban J connectivity index is 2.01. The third-order valence-corrected chi connectivity index (χ3v) is 8.30. The highest BCUT2D eigenvalue weighted by Gasteiger charge is 2.13. The summed E-state index contributed by atoms with van der Waals surface area (Å²) in [6.45, 7) is 13.7. The highest BCUT2D eigenvalue weighted by atomic mass is 32.1. The molecule has 0 fully saturated rings. The van der Waals surface area contributed by atoms with Gasteiger partial charge in [0.1, 0.15) is 16.1 Å². The van der Waals surface area contributed by atoms with Gasteiger partial charge in [0.15, 0.2) is 0 Å². The second-order valence-corrected chi connectivity index (χ2v) is 20.4. The highest BCUT2D eigenvalue weighted by molar-refractivity contribution is 7.38. The summed E-state index contributed by atoms with van der Waals surface area (Å²) in [5, 5.41) is 0. The highest BCUT2D eigenvalue weighted by Crippen LogP contribution is 2.43. The standard InChI is InChI=1S/C18H20S3Si2/c1-22(2,3)9-7-13-11-15-17(19-13)18-16(21-15)12-14(20-18)8-10-23(4,5)6/h11-12H,1-6H3. The SMILES string of the molecule is C[Si](C)(C)C#Cc1cc2sc3cc(C#C[Si](C)(C)C)sc3c2s1. The largest absolute Gasteiger partial charge is 0.133 e. The van der Waals surface area contributed by atoms with E-state index in [9.17, 15) is 0 Å². The lowest BCUT2D eigenvalue weighted by Crippen LogP contribution is -2.16. The van der Waals surface area contributed by atoms with Crippen LogP contribution < -0.4 is 0 Å². The van der Waals surface area contributed by atoms with Crippen LogP contribution in [0.1, 0.15) is 9.75 Å². The van der Waals surface area contributed by atoms with Gasteiger partial charge in [-0.05, 0) is 12.1 Å². The van der Waals surface area contributed by atoms with Gasteiger partial charge in [0, 0.05) is 9.40 Å². The second-order valence-electron chi connectivity index (χ2n) is 7.71. The van der Waals surface area contributed by atoms with Crippen molar-refractivity contribution in [2.45, 2.75) is 39.3 Å². The van der Waals surface area contributed by atoms with Crippen molar-refractivity contribution in [1.82, 2.24) is 0 Å². The Morgan fingerprint density at radius 1 is 0.652 bits per heavy atom. The molecule has 0 atom stereocenters. The fourth-order valence-corrected chi connectivity index (χ4v) is 6.89. The third-order valence-electron chi connectivity index (χ3n) is 2.94. The zero-order chi connectivity index (χ0) is 16.8. The number of fused-ring (bicyclic) bond motifs is 3. The maximum Gasteiger partial charge on any atom is 0.129 e. The zero-order valence-corrected chi connectivity index (χ0v) is 18.8. The van der Waals surface area contributed by atoms with Crippen LogP contribution in [0.3, 0.4) is 0 Å². The summed E-state index contributed by atoms with van der Waals surface area (Å²) in [6.07, 6.45) is 0. The molecule has 0 aromatic carbocycles. The van der Waals surface area contributed by atoms with Crippen molar-refractivity contribution in [3.63, 3.8) is 0 Å². The molecule has 0 aliphatic rings. The van der Waals surface area contributed by atoms with E-state index in [0.717, 1.165) is 0 Å². The van der Waals surface area contributed by atoms with Gasteiger partial charge in [0.25, 0.3) is 0 Å². The predicted octanol–water partition coefficient (Wildman–Crippen LogP) is 6.64. The van der Waals surface area contributed by atoms with Crippen LogP contribution in [0.2, 0.25) is 39.3 Å². The van der Waals surface area contributed by atoms with Crippen molar-refractivity contribution in [2.24, 2.45) is 0 Å². The van der Waals surface area contributed by atoms with Crippen LogP contribution in [-0.2, 0) is 0 Å². The quantitative estimate of drug-likeness (QED) is 0.299. The number of hydrogen-bond donors (Lipinski definition) is 0. The average Bonchev–Trinajstić information content (AvgIpc) is 3.01. The molecule has 0 bridgehead atoms. The van der Waals surface area contributed by atoms with Crippen LogP contribution >= 0.6 is 34.0 Å². The Hall–Kier alpha value is -0.826. The lowest BCUT2D eigenvalue weighted by molar-refractivity contribution is 1.81. The first-order valence-electron chi connectivity index (χ1n) is 7.63. The first-order chi connectivity index (χ1) is 10.6. The Labute approximate surface area is 152 Å². The molecule has 3 rings (SSSR count). The molecule has 3 aromatic rings. The van der Waals surface area contributed by atoms with Crippen LogP contribution in [0.15, 0.2) is 12.1 Å². The van der Waals surface area contributed by atoms with E-state index < -0.39 is 16.1 Å². The van der Waals surface area contributed by atoms with E-state index in [2.05, 4.69) is 74.3 Å². The minimum Gasteiger partial charge on any atom is -0.133 e. The fourth-order valence-electron chi connectivity index (χ4n) is 1.96. The van der Waals surface area contributed by atoms with E-state index in [1.54, 1.807) is 0 Å². The van der Waals surface area contributed by atoms with Gasteiger partial charge in [-0.3, -0.25) is 0 Å². The second kappa shape index (κ2) is 5.91. The van der Waals surface area contributed by atoms with Crippen LogP contribution in [-0.4, -0.2) is 16.1 Å². The maximum absolute atomic E-state index is 3.47. The molecule has 0 radical (unpaired) electrons. The molecule has 0 aliphatic carbocycles. The first kappa shape index (κ1) is 17.0. The van der Waals surface area contributed by atoms with Crippen molar-refractivity contribution < 1.29 is 0 Å². The van der Waals surface area contributed by atoms with Crippen molar-refractivity contribution in [1.29, 1.82) is 0 Å². The maximum atomic E-state index is 3.47. The van der Waals surface area contributed by atoms with E-state index in [1.165, 1.54) is 28.6 Å². The van der Waals surface area contributed by atoms with Crippen molar-refractivity contribution in [2.75, 3.05) is 0 Å². The molecule has 0 aliphatic heterocycles. The van der Waals surface area contributed by atoms with E-state index in [4.69, 9.17) is 0 Å². The molecule has 3 heterocycles. The summed E-state index contributed by atoms with van der Waals surface area (Å²) in [7, 11) is -2.62. The van der Waals surface area contributed by atoms with Crippen molar-refractivity contribution in [3.8, 4) is 22.9 Å². The monoisotopic (exact) mass is 388 g/mol. The molecule has 0 saturated carbocycles. The third kappa shape index (κ3) is 4.18. The van der Waals surface area contributed by atoms with E-state index in [1.807, 2.05) is 34.0 Å². The van der Waals surface area contributed by atoms with Crippen LogP contribution in [0.4, 0.5) is 0 Å². The first-order valence-corrected chi connectivity index (χ1v) is 17.1. The molecule has 0 N–H and O–H groups in total. The molecule has 0 amide bonds. The molecule has 0 unspecified atom stereocenters. The smallest absolute Gasteiger partial charge is 0.129 e. The number of hydrogen-bond acceptors (Lipinski definition) is 3. The molecule has 0 spiro atoms. The van der Waals surface area contributed by atoms with Gasteiger partial charge in [-0.15, -0.1) is 45.1 Å². The lowest BCUT2D eigenvalue weighted by Gasteiger charge is -2.02. The molecular weight excluding hydrogens is 369 g/mol. The summed E-state index contributed by atoms with van der Waals surface area (Å²) in [5.41, 5.74) is 6.94. The Kier molecular flexibility index (Phi) is 4.37. The zero-order valence-electron chi connectivity index (χ0n) is 14.4. The Bertz CT molecular complexity index is 915. The summed E-state index contributed by atoms with van der Waals surface area (Å²) in [6, 6.07) is 4.52. The fraction of sp³-hybridized carbons (Fsp3) is 0.333. The van der Waals surface area contributed by atoms with Gasteiger partial charge in [-0.1, -0.05) is 51.1 Å². The Morgan fingerprint density at radius 3 is 1.39 bits per heavy atom. The van der Waals surface area contributed by atoms with Gasteiger partial charge in [0.2, 0.25) is 0 Å². The summed E-state index contributed by atoms with van der Waals surface area (Å²) < 4.78 is 5.55. The van der Waals surface area contributed by atoms with Crippen molar-refractivity contribution >= 4 is 69.0 Å². The summed E-state index contributed by atoms with van der Waals surface area (Å²) in [4.78, 5) is 2.41. The molecule has 0 saturated heterocycles. The number of thiophene rings is 3. The Morgan fingerprint density at radius 2 is 1.04 bits per heavy atom. The predicted molar refractivity (Wildman–Crippen MR) is 116 cm³/mol. The van der Waals surface area contributed by atoms with Crippen LogP contribution in [0, 0.1) is 22.9 Å². The molecule has 3 aromatic heterocycles. The van der Waals surface area contributed by atoms with E-state index in [-0.39, 0.29) is 0 Å². The minimum absolute atomic E-state index is 1.21. The molecule has 5 heteroatoms. The molecule has 23 heavy (non-hydrogen) atoms.